The Labute approximate surface area is 151 Å². The van der Waals surface area contributed by atoms with E-state index in [1.54, 1.807) is 23.7 Å². The first-order chi connectivity index (χ1) is 12.3. The Morgan fingerprint density at radius 3 is 3.00 bits per heavy atom. The number of ether oxygens (including phenoxy) is 1. The molecule has 4 rings (SSSR count). The Morgan fingerprint density at radius 2 is 2.20 bits per heavy atom. The Morgan fingerprint density at radius 1 is 1.32 bits per heavy atom. The van der Waals surface area contributed by atoms with Crippen molar-refractivity contribution in [1.82, 2.24) is 15.3 Å². The van der Waals surface area contributed by atoms with Crippen molar-refractivity contribution in [2.75, 3.05) is 24.6 Å². The van der Waals surface area contributed by atoms with E-state index in [0.717, 1.165) is 31.9 Å². The molecule has 1 amide bonds. The largest absolute Gasteiger partial charge is 0.378 e. The summed E-state index contributed by atoms with van der Waals surface area (Å²) in [5.41, 5.74) is 0. The first-order valence-electron chi connectivity index (χ1n) is 8.75. The fourth-order valence-corrected chi connectivity index (χ4v) is 4.44. The minimum absolute atomic E-state index is 0.00905. The topological polar surface area (TPSA) is 67.3 Å². The summed E-state index contributed by atoms with van der Waals surface area (Å²) in [4.78, 5) is 24.8. The Kier molecular flexibility index (Phi) is 4.94. The highest BCUT2D eigenvalue weighted by Gasteiger charge is 2.42. The van der Waals surface area contributed by atoms with Crippen molar-refractivity contribution >= 4 is 23.2 Å². The number of hydrogen-bond donors (Lipinski definition) is 1. The highest BCUT2D eigenvalue weighted by Crippen LogP contribution is 2.34. The molecule has 2 aromatic heterocycles. The van der Waals surface area contributed by atoms with Crippen LogP contribution in [0.25, 0.3) is 0 Å². The molecule has 1 N–H and O–H groups in total. The van der Waals surface area contributed by atoms with Crippen LogP contribution in [0.5, 0.6) is 0 Å². The molecule has 4 heterocycles. The number of anilines is 1. The number of thiophene rings is 1. The smallest absolute Gasteiger partial charge is 0.225 e. The van der Waals surface area contributed by atoms with Crippen LogP contribution < -0.4 is 10.2 Å². The summed E-state index contributed by atoms with van der Waals surface area (Å²) >= 11 is 1.67. The van der Waals surface area contributed by atoms with E-state index in [1.165, 1.54) is 4.88 Å². The zero-order chi connectivity index (χ0) is 17.1. The van der Waals surface area contributed by atoms with Gasteiger partial charge in [0.2, 0.25) is 11.9 Å². The molecule has 0 spiro atoms. The van der Waals surface area contributed by atoms with E-state index in [0.29, 0.717) is 13.2 Å². The molecule has 2 saturated heterocycles. The maximum absolute atomic E-state index is 12.8. The van der Waals surface area contributed by atoms with Gasteiger partial charge in [0, 0.05) is 48.8 Å². The highest BCUT2D eigenvalue weighted by atomic mass is 32.1. The van der Waals surface area contributed by atoms with Gasteiger partial charge in [0.1, 0.15) is 0 Å². The second kappa shape index (κ2) is 7.49. The van der Waals surface area contributed by atoms with Crippen molar-refractivity contribution in [3.05, 3.63) is 40.8 Å². The number of carbonyl (C=O) groups excluding carboxylic acids is 1. The predicted octanol–water partition coefficient (Wildman–Crippen LogP) is 2.09. The summed E-state index contributed by atoms with van der Waals surface area (Å²) in [6.45, 7) is 2.91. The van der Waals surface area contributed by atoms with Gasteiger partial charge in [-0.15, -0.1) is 11.3 Å². The molecule has 0 aromatic carbocycles. The first-order valence-corrected chi connectivity index (χ1v) is 9.63. The molecule has 0 aliphatic carbocycles. The molecule has 0 unspecified atom stereocenters. The minimum Gasteiger partial charge on any atom is -0.378 e. The summed E-state index contributed by atoms with van der Waals surface area (Å²) in [7, 11) is 0. The Hall–Kier alpha value is -1.99. The van der Waals surface area contributed by atoms with Crippen molar-refractivity contribution < 1.29 is 9.53 Å². The van der Waals surface area contributed by atoms with Gasteiger partial charge in [-0.3, -0.25) is 4.79 Å². The molecule has 0 radical (unpaired) electrons. The number of nitrogens with one attached hydrogen (secondary N) is 1. The minimum atomic E-state index is -0.00905. The molecule has 3 atom stereocenters. The SMILES string of the molecule is O=C(NCc1cccs1)[C@@H]1CCO[C@@H]2CCN(c3ncccn3)C[C@@H]21. The quantitative estimate of drug-likeness (QED) is 0.906. The molecule has 25 heavy (non-hydrogen) atoms. The molecule has 2 fully saturated rings. The van der Waals surface area contributed by atoms with Crippen LogP contribution in [-0.2, 0) is 16.1 Å². The van der Waals surface area contributed by atoms with E-state index in [2.05, 4.69) is 20.2 Å². The van der Waals surface area contributed by atoms with Crippen LogP contribution >= 0.6 is 11.3 Å². The van der Waals surface area contributed by atoms with Gasteiger partial charge in [0.25, 0.3) is 0 Å². The third kappa shape index (κ3) is 3.67. The van der Waals surface area contributed by atoms with E-state index in [4.69, 9.17) is 4.74 Å². The van der Waals surface area contributed by atoms with Gasteiger partial charge in [-0.05, 0) is 30.4 Å². The number of aromatic nitrogens is 2. The normalized spacial score (nSPS) is 26.1. The van der Waals surface area contributed by atoms with E-state index in [-0.39, 0.29) is 23.8 Å². The summed E-state index contributed by atoms with van der Waals surface area (Å²) in [6.07, 6.45) is 5.37. The van der Waals surface area contributed by atoms with Crippen molar-refractivity contribution in [3.8, 4) is 0 Å². The lowest BCUT2D eigenvalue weighted by atomic mass is 9.79. The van der Waals surface area contributed by atoms with E-state index in [1.807, 2.05) is 23.6 Å². The maximum Gasteiger partial charge on any atom is 0.225 e. The monoisotopic (exact) mass is 358 g/mol. The zero-order valence-corrected chi connectivity index (χ0v) is 14.8. The van der Waals surface area contributed by atoms with Crippen LogP contribution in [-0.4, -0.2) is 41.7 Å². The van der Waals surface area contributed by atoms with Crippen LogP contribution in [0.4, 0.5) is 5.95 Å². The summed E-state index contributed by atoms with van der Waals surface area (Å²) in [5, 5.41) is 5.14. The molecule has 0 saturated carbocycles. The van der Waals surface area contributed by atoms with Crippen molar-refractivity contribution in [1.29, 1.82) is 0 Å². The van der Waals surface area contributed by atoms with Gasteiger partial charge < -0.3 is 15.0 Å². The summed E-state index contributed by atoms with van der Waals surface area (Å²) in [6, 6.07) is 5.88. The predicted molar refractivity (Wildman–Crippen MR) is 96.4 cm³/mol. The molecule has 2 aliphatic heterocycles. The van der Waals surface area contributed by atoms with Crippen molar-refractivity contribution in [3.63, 3.8) is 0 Å². The van der Waals surface area contributed by atoms with E-state index in [9.17, 15) is 4.79 Å². The molecular formula is C18H22N4O2S. The number of rotatable bonds is 4. The molecular weight excluding hydrogens is 336 g/mol. The molecule has 2 aliphatic rings. The molecule has 0 bridgehead atoms. The lowest BCUT2D eigenvalue weighted by Gasteiger charge is -2.44. The molecule has 6 nitrogen and oxygen atoms in total. The second-order valence-corrected chi connectivity index (χ2v) is 7.58. The number of nitrogens with zero attached hydrogens (tertiary/aromatic N) is 3. The third-order valence-corrected chi connectivity index (χ3v) is 5.93. The van der Waals surface area contributed by atoms with E-state index >= 15 is 0 Å². The van der Waals surface area contributed by atoms with Gasteiger partial charge in [0.05, 0.1) is 12.6 Å². The number of amides is 1. The lowest BCUT2D eigenvalue weighted by Crippen LogP contribution is -2.53. The van der Waals surface area contributed by atoms with Crippen molar-refractivity contribution in [2.24, 2.45) is 11.8 Å². The lowest BCUT2D eigenvalue weighted by molar-refractivity contribution is -0.137. The fraction of sp³-hybridized carbons (Fsp3) is 0.500. The van der Waals surface area contributed by atoms with Crippen LogP contribution in [0.15, 0.2) is 36.0 Å². The Bertz CT molecular complexity index is 694. The van der Waals surface area contributed by atoms with Crippen molar-refractivity contribution in [2.45, 2.75) is 25.5 Å². The fourth-order valence-electron chi connectivity index (χ4n) is 3.79. The standard InChI is InChI=1S/C18H22N4O2S/c23-17(21-11-13-3-1-10-25-13)14-5-9-24-16-4-8-22(12-15(14)16)18-19-6-2-7-20-18/h1-3,6-7,10,14-16H,4-5,8-9,11-12H2,(H,21,23)/t14-,15-,16-/m1/s1. The molecule has 132 valence electrons. The Balaban J connectivity index is 1.43. The maximum atomic E-state index is 12.8. The number of hydrogen-bond acceptors (Lipinski definition) is 6. The average Bonchev–Trinajstić information content (AvgIpc) is 3.19. The molecule has 7 heteroatoms. The first kappa shape index (κ1) is 16.5. The van der Waals surface area contributed by atoms with Crippen LogP contribution in [0.2, 0.25) is 0 Å². The van der Waals surface area contributed by atoms with Crippen LogP contribution in [0.1, 0.15) is 17.7 Å². The van der Waals surface area contributed by atoms with Gasteiger partial charge in [0.15, 0.2) is 0 Å². The third-order valence-electron chi connectivity index (χ3n) is 5.06. The van der Waals surface area contributed by atoms with Gasteiger partial charge in [-0.1, -0.05) is 6.07 Å². The number of piperidine rings is 1. The van der Waals surface area contributed by atoms with E-state index < -0.39 is 0 Å². The highest BCUT2D eigenvalue weighted by molar-refractivity contribution is 7.09. The number of carbonyl (C=O) groups is 1. The van der Waals surface area contributed by atoms with Crippen LogP contribution in [0, 0.1) is 11.8 Å². The average molecular weight is 358 g/mol. The van der Waals surface area contributed by atoms with Crippen LogP contribution in [0.3, 0.4) is 0 Å². The van der Waals surface area contributed by atoms with Gasteiger partial charge in [-0.2, -0.15) is 0 Å². The van der Waals surface area contributed by atoms with Gasteiger partial charge >= 0.3 is 0 Å². The second-order valence-electron chi connectivity index (χ2n) is 6.55. The zero-order valence-electron chi connectivity index (χ0n) is 14.0. The summed E-state index contributed by atoms with van der Waals surface area (Å²) in [5.74, 6) is 1.06. The number of fused-ring (bicyclic) bond motifs is 1. The molecule has 2 aromatic rings. The van der Waals surface area contributed by atoms with Gasteiger partial charge in [-0.25, -0.2) is 9.97 Å². The summed E-state index contributed by atoms with van der Waals surface area (Å²) < 4.78 is 5.95.